The van der Waals surface area contributed by atoms with E-state index in [1.807, 2.05) is 39.0 Å². The lowest BCUT2D eigenvalue weighted by molar-refractivity contribution is -0.121. The minimum atomic E-state index is -0.357. The fourth-order valence-electron chi connectivity index (χ4n) is 3.39. The molecule has 30 heavy (non-hydrogen) atoms. The molecule has 2 aromatic carbocycles. The van der Waals surface area contributed by atoms with Gasteiger partial charge in [0.05, 0.1) is 30.4 Å². The maximum Gasteiger partial charge on any atom is 0.261 e. The van der Waals surface area contributed by atoms with E-state index in [2.05, 4.69) is 5.32 Å². The number of rotatable bonds is 9. The summed E-state index contributed by atoms with van der Waals surface area (Å²) in [5.74, 6) is 0.329. The van der Waals surface area contributed by atoms with E-state index in [4.69, 9.17) is 9.47 Å². The highest BCUT2D eigenvalue weighted by Gasteiger charge is 2.35. The van der Waals surface area contributed by atoms with Gasteiger partial charge in [-0.15, -0.1) is 0 Å². The fourth-order valence-corrected chi connectivity index (χ4v) is 3.39. The average Bonchev–Trinajstić information content (AvgIpc) is 2.98. The normalized spacial score (nSPS) is 13.8. The number of carbonyl (C=O) groups excluding carboxylic acids is 3. The number of hydrogen-bond donors (Lipinski definition) is 1. The van der Waals surface area contributed by atoms with Crippen molar-refractivity contribution in [2.24, 2.45) is 0 Å². The van der Waals surface area contributed by atoms with Crippen molar-refractivity contribution in [1.82, 2.24) is 10.2 Å². The number of nitrogens with zero attached hydrogens (tertiary/aromatic N) is 1. The van der Waals surface area contributed by atoms with Crippen molar-refractivity contribution < 1.29 is 23.9 Å². The molecule has 0 aliphatic carbocycles. The van der Waals surface area contributed by atoms with E-state index >= 15 is 0 Å². The Morgan fingerprint density at radius 1 is 0.967 bits per heavy atom. The molecule has 1 atom stereocenters. The molecule has 0 spiro atoms. The van der Waals surface area contributed by atoms with E-state index < -0.39 is 0 Å². The first kappa shape index (κ1) is 21.4. The van der Waals surface area contributed by atoms with Gasteiger partial charge in [-0.25, -0.2) is 0 Å². The molecule has 0 saturated carbocycles. The zero-order valence-electron chi connectivity index (χ0n) is 17.4. The lowest BCUT2D eigenvalue weighted by Gasteiger charge is -2.18. The third-order valence-corrected chi connectivity index (χ3v) is 4.89. The zero-order valence-corrected chi connectivity index (χ0v) is 17.4. The van der Waals surface area contributed by atoms with E-state index in [0.717, 1.165) is 10.5 Å². The third-order valence-electron chi connectivity index (χ3n) is 4.89. The van der Waals surface area contributed by atoms with E-state index in [1.165, 1.54) is 0 Å². The van der Waals surface area contributed by atoms with Gasteiger partial charge in [0.2, 0.25) is 5.91 Å². The van der Waals surface area contributed by atoms with Crippen LogP contribution in [0.25, 0.3) is 0 Å². The molecule has 1 heterocycles. The Bertz CT molecular complexity index is 921. The summed E-state index contributed by atoms with van der Waals surface area (Å²) in [6, 6.07) is 12.0. The third kappa shape index (κ3) is 4.45. The second-order valence-corrected chi connectivity index (χ2v) is 6.92. The van der Waals surface area contributed by atoms with Gasteiger partial charge in [0, 0.05) is 13.0 Å². The second-order valence-electron chi connectivity index (χ2n) is 6.92. The Kier molecular flexibility index (Phi) is 6.72. The SMILES string of the molecule is CCOc1ccc([C@H](C)NC(=O)CCN2C(=O)c3ccccc3C2=O)cc1OCC. The molecule has 0 saturated heterocycles. The van der Waals surface area contributed by atoms with Crippen LogP contribution in [0.1, 0.15) is 59.5 Å². The number of benzene rings is 2. The van der Waals surface area contributed by atoms with Gasteiger partial charge in [0.1, 0.15) is 0 Å². The summed E-state index contributed by atoms with van der Waals surface area (Å²) in [6.45, 7) is 6.74. The van der Waals surface area contributed by atoms with Gasteiger partial charge in [-0.1, -0.05) is 18.2 Å². The number of ether oxygens (including phenoxy) is 2. The highest BCUT2D eigenvalue weighted by Crippen LogP contribution is 2.30. The Balaban J connectivity index is 1.59. The molecule has 1 aliphatic heterocycles. The van der Waals surface area contributed by atoms with E-state index in [1.54, 1.807) is 24.3 Å². The van der Waals surface area contributed by atoms with Crippen molar-refractivity contribution in [2.45, 2.75) is 33.2 Å². The zero-order chi connectivity index (χ0) is 21.7. The summed E-state index contributed by atoms with van der Waals surface area (Å²) in [4.78, 5) is 38.3. The van der Waals surface area contributed by atoms with E-state index in [0.29, 0.717) is 35.8 Å². The molecule has 1 aliphatic rings. The first-order valence-electron chi connectivity index (χ1n) is 10.1. The van der Waals surface area contributed by atoms with Crippen LogP contribution in [0.5, 0.6) is 11.5 Å². The van der Waals surface area contributed by atoms with Crippen LogP contribution in [-0.4, -0.2) is 42.4 Å². The Labute approximate surface area is 176 Å². The molecular weight excluding hydrogens is 384 g/mol. The summed E-state index contributed by atoms with van der Waals surface area (Å²) < 4.78 is 11.2. The number of fused-ring (bicyclic) bond motifs is 1. The predicted octanol–water partition coefficient (Wildman–Crippen LogP) is 3.35. The van der Waals surface area contributed by atoms with Gasteiger partial charge in [0.15, 0.2) is 11.5 Å². The molecule has 2 aromatic rings. The predicted molar refractivity (Wildman–Crippen MR) is 112 cm³/mol. The van der Waals surface area contributed by atoms with Crippen molar-refractivity contribution >= 4 is 17.7 Å². The van der Waals surface area contributed by atoms with Crippen molar-refractivity contribution in [2.75, 3.05) is 19.8 Å². The molecule has 0 unspecified atom stereocenters. The Morgan fingerprint density at radius 2 is 1.57 bits per heavy atom. The first-order valence-corrected chi connectivity index (χ1v) is 10.1. The van der Waals surface area contributed by atoms with Gasteiger partial charge in [0.25, 0.3) is 11.8 Å². The van der Waals surface area contributed by atoms with Crippen LogP contribution in [-0.2, 0) is 4.79 Å². The highest BCUT2D eigenvalue weighted by molar-refractivity contribution is 6.21. The van der Waals surface area contributed by atoms with Gasteiger partial charge in [-0.3, -0.25) is 19.3 Å². The van der Waals surface area contributed by atoms with Crippen LogP contribution in [0.15, 0.2) is 42.5 Å². The molecule has 3 amide bonds. The standard InChI is InChI=1S/C23H26N2O5/c1-4-29-19-11-10-16(14-20(19)30-5-2)15(3)24-21(26)12-13-25-22(27)17-8-6-7-9-18(17)23(25)28/h6-11,14-15H,4-5,12-13H2,1-3H3,(H,24,26)/t15-/m0/s1. The fraction of sp³-hybridized carbons (Fsp3) is 0.348. The number of hydrogen-bond acceptors (Lipinski definition) is 5. The lowest BCUT2D eigenvalue weighted by Crippen LogP contribution is -2.35. The second kappa shape index (κ2) is 9.43. The van der Waals surface area contributed by atoms with Gasteiger partial charge >= 0.3 is 0 Å². The summed E-state index contributed by atoms with van der Waals surface area (Å²) in [5.41, 5.74) is 1.64. The molecule has 7 nitrogen and oxygen atoms in total. The molecular formula is C23H26N2O5. The summed E-state index contributed by atoms with van der Waals surface area (Å²) >= 11 is 0. The number of amides is 3. The number of carbonyl (C=O) groups is 3. The highest BCUT2D eigenvalue weighted by atomic mass is 16.5. The van der Waals surface area contributed by atoms with Gasteiger partial charge in [-0.2, -0.15) is 0 Å². The molecule has 0 bridgehead atoms. The van der Waals surface area contributed by atoms with Crippen LogP contribution in [0.4, 0.5) is 0 Å². The first-order chi connectivity index (χ1) is 14.5. The van der Waals surface area contributed by atoms with Crippen molar-refractivity contribution in [1.29, 1.82) is 0 Å². The topological polar surface area (TPSA) is 84.9 Å². The van der Waals surface area contributed by atoms with Crippen molar-refractivity contribution in [3.05, 3.63) is 59.2 Å². The van der Waals surface area contributed by atoms with Crippen LogP contribution in [0, 0.1) is 0 Å². The molecule has 7 heteroatoms. The molecule has 0 radical (unpaired) electrons. The van der Waals surface area contributed by atoms with Crippen molar-refractivity contribution in [3.8, 4) is 11.5 Å². The number of imide groups is 1. The summed E-state index contributed by atoms with van der Waals surface area (Å²) in [6.07, 6.45) is 0.0329. The molecule has 3 rings (SSSR count). The summed E-state index contributed by atoms with van der Waals surface area (Å²) in [5, 5.41) is 2.91. The lowest BCUT2D eigenvalue weighted by atomic mass is 10.1. The van der Waals surface area contributed by atoms with Crippen LogP contribution >= 0.6 is 0 Å². The largest absolute Gasteiger partial charge is 0.490 e. The molecule has 0 fully saturated rings. The maximum atomic E-state index is 12.4. The van der Waals surface area contributed by atoms with Crippen LogP contribution < -0.4 is 14.8 Å². The van der Waals surface area contributed by atoms with E-state index in [9.17, 15) is 14.4 Å². The Hall–Kier alpha value is -3.35. The number of nitrogens with one attached hydrogen (secondary N) is 1. The van der Waals surface area contributed by atoms with Crippen molar-refractivity contribution in [3.63, 3.8) is 0 Å². The minimum Gasteiger partial charge on any atom is -0.490 e. The maximum absolute atomic E-state index is 12.4. The average molecular weight is 410 g/mol. The Morgan fingerprint density at radius 3 is 2.17 bits per heavy atom. The molecule has 158 valence electrons. The smallest absolute Gasteiger partial charge is 0.261 e. The van der Waals surface area contributed by atoms with Gasteiger partial charge < -0.3 is 14.8 Å². The van der Waals surface area contributed by atoms with E-state index in [-0.39, 0.29) is 36.7 Å². The van der Waals surface area contributed by atoms with Crippen LogP contribution in [0.2, 0.25) is 0 Å². The van der Waals surface area contributed by atoms with Gasteiger partial charge in [-0.05, 0) is 50.6 Å². The molecule has 0 aromatic heterocycles. The quantitative estimate of drug-likeness (QED) is 0.641. The van der Waals surface area contributed by atoms with Crippen LogP contribution in [0.3, 0.4) is 0 Å². The summed E-state index contributed by atoms with van der Waals surface area (Å²) in [7, 11) is 0. The minimum absolute atomic E-state index is 0.0329. The monoisotopic (exact) mass is 410 g/mol. The molecule has 1 N–H and O–H groups in total.